The fraction of sp³-hybridized carbons (Fsp3) is 0.562. The third-order valence-electron chi connectivity index (χ3n) is 4.32. The summed E-state index contributed by atoms with van der Waals surface area (Å²) in [5, 5.41) is 8.85. The molecule has 1 unspecified atom stereocenters. The van der Waals surface area contributed by atoms with Gasteiger partial charge in [-0.3, -0.25) is 4.90 Å². The topological polar surface area (TPSA) is 64.4 Å². The maximum Gasteiger partial charge on any atom is 0.214 e. The smallest absolute Gasteiger partial charge is 0.214 e. The Balaban J connectivity index is 1.99. The molecule has 22 heavy (non-hydrogen) atoms. The molecule has 120 valence electrons. The van der Waals surface area contributed by atoms with E-state index < -0.39 is 10.0 Å². The highest BCUT2D eigenvalue weighted by atomic mass is 32.2. The van der Waals surface area contributed by atoms with Gasteiger partial charge in [-0.2, -0.15) is 5.26 Å². The summed E-state index contributed by atoms with van der Waals surface area (Å²) in [6, 6.07) is 9.91. The minimum atomic E-state index is -3.02. The van der Waals surface area contributed by atoms with Gasteiger partial charge in [0.1, 0.15) is 0 Å². The van der Waals surface area contributed by atoms with Crippen LogP contribution in [0.5, 0.6) is 0 Å². The summed E-state index contributed by atoms with van der Waals surface area (Å²) < 4.78 is 25.3. The molecule has 2 rings (SSSR count). The molecule has 0 amide bonds. The molecule has 0 N–H and O–H groups in total. The van der Waals surface area contributed by atoms with Gasteiger partial charge in [0.15, 0.2) is 0 Å². The zero-order chi connectivity index (χ0) is 16.2. The zero-order valence-corrected chi connectivity index (χ0v) is 14.0. The largest absolute Gasteiger partial charge is 0.296 e. The first-order chi connectivity index (χ1) is 10.5. The van der Waals surface area contributed by atoms with E-state index in [1.165, 1.54) is 0 Å². The van der Waals surface area contributed by atoms with Crippen molar-refractivity contribution >= 4 is 10.0 Å². The van der Waals surface area contributed by atoms with Crippen molar-refractivity contribution < 1.29 is 8.42 Å². The van der Waals surface area contributed by atoms with Crippen molar-refractivity contribution in [2.24, 2.45) is 0 Å². The predicted molar refractivity (Wildman–Crippen MR) is 86.8 cm³/mol. The Morgan fingerprint density at radius 2 is 2.05 bits per heavy atom. The second-order valence-corrected chi connectivity index (χ2v) is 7.70. The van der Waals surface area contributed by atoms with Crippen molar-refractivity contribution in [2.45, 2.75) is 26.3 Å². The lowest BCUT2D eigenvalue weighted by atomic mass is 10.1. The second-order valence-electron chi connectivity index (χ2n) is 5.61. The van der Waals surface area contributed by atoms with E-state index in [0.29, 0.717) is 18.7 Å². The Hall–Kier alpha value is -1.42. The molecule has 1 atom stereocenters. The van der Waals surface area contributed by atoms with Crippen LogP contribution in [0.2, 0.25) is 0 Å². The van der Waals surface area contributed by atoms with E-state index in [9.17, 15) is 8.42 Å². The minimum Gasteiger partial charge on any atom is -0.296 e. The lowest BCUT2D eigenvalue weighted by Crippen LogP contribution is -2.37. The lowest BCUT2D eigenvalue weighted by molar-refractivity contribution is 0.207. The molecule has 0 radical (unpaired) electrons. The van der Waals surface area contributed by atoms with Gasteiger partial charge in [0.2, 0.25) is 10.0 Å². The van der Waals surface area contributed by atoms with Crippen LogP contribution >= 0.6 is 0 Å². The zero-order valence-electron chi connectivity index (χ0n) is 13.2. The summed E-state index contributed by atoms with van der Waals surface area (Å²) in [4.78, 5) is 2.26. The van der Waals surface area contributed by atoms with Crippen molar-refractivity contribution in [1.82, 2.24) is 9.21 Å². The van der Waals surface area contributed by atoms with Gasteiger partial charge >= 0.3 is 0 Å². The number of nitrogens with zero attached hydrogens (tertiary/aromatic N) is 3. The van der Waals surface area contributed by atoms with Gasteiger partial charge < -0.3 is 0 Å². The van der Waals surface area contributed by atoms with Crippen LogP contribution in [0.25, 0.3) is 0 Å². The average Bonchev–Trinajstić information content (AvgIpc) is 2.86. The molecular weight excluding hydrogens is 298 g/mol. The highest BCUT2D eigenvalue weighted by Gasteiger charge is 2.28. The van der Waals surface area contributed by atoms with Gasteiger partial charge in [0, 0.05) is 25.7 Å². The molecular formula is C16H23N3O2S. The number of nitriles is 1. The van der Waals surface area contributed by atoms with E-state index in [1.54, 1.807) is 4.31 Å². The standard InChI is InChI=1S/C16H23N3O2S/c1-3-18(10-11-19-9-4-12-22(19,20)21)14(2)16-7-5-15(13-17)6-8-16/h5-8,14H,3-4,9-12H2,1-2H3. The second kappa shape index (κ2) is 7.23. The molecule has 1 aromatic rings. The van der Waals surface area contributed by atoms with Crippen LogP contribution in [0.3, 0.4) is 0 Å². The monoisotopic (exact) mass is 321 g/mol. The van der Waals surface area contributed by atoms with E-state index in [1.807, 2.05) is 24.3 Å². The quantitative estimate of drug-likeness (QED) is 0.803. The molecule has 1 heterocycles. The summed E-state index contributed by atoms with van der Waals surface area (Å²) >= 11 is 0. The summed E-state index contributed by atoms with van der Waals surface area (Å²) in [6.45, 7) is 6.97. The van der Waals surface area contributed by atoms with E-state index in [-0.39, 0.29) is 11.8 Å². The van der Waals surface area contributed by atoms with Crippen LogP contribution in [0.4, 0.5) is 0 Å². The molecule has 0 aliphatic carbocycles. The number of hydrogen-bond donors (Lipinski definition) is 0. The molecule has 0 bridgehead atoms. The van der Waals surface area contributed by atoms with Crippen LogP contribution in [0.1, 0.15) is 37.4 Å². The van der Waals surface area contributed by atoms with Crippen LogP contribution in [-0.2, 0) is 10.0 Å². The summed E-state index contributed by atoms with van der Waals surface area (Å²) in [6.07, 6.45) is 0.736. The Bertz CT molecular complexity index is 634. The maximum atomic E-state index is 11.8. The van der Waals surface area contributed by atoms with E-state index >= 15 is 0 Å². The Morgan fingerprint density at radius 3 is 2.55 bits per heavy atom. The first kappa shape index (κ1) is 16.9. The third-order valence-corrected chi connectivity index (χ3v) is 6.27. The van der Waals surface area contributed by atoms with Crippen LogP contribution in [-0.4, -0.2) is 49.6 Å². The summed E-state index contributed by atoms with van der Waals surface area (Å²) in [5.41, 5.74) is 1.80. The van der Waals surface area contributed by atoms with Crippen molar-refractivity contribution in [3.63, 3.8) is 0 Å². The molecule has 5 nitrogen and oxygen atoms in total. The highest BCUT2D eigenvalue weighted by molar-refractivity contribution is 7.89. The normalized spacial score (nSPS) is 19.2. The van der Waals surface area contributed by atoms with Crippen LogP contribution < -0.4 is 0 Å². The van der Waals surface area contributed by atoms with Gasteiger partial charge in [0.05, 0.1) is 17.4 Å². The molecule has 1 aliphatic rings. The number of likely N-dealkylation sites (N-methyl/N-ethyl adjacent to an activating group) is 1. The maximum absolute atomic E-state index is 11.8. The average molecular weight is 321 g/mol. The van der Waals surface area contributed by atoms with Crippen LogP contribution in [0.15, 0.2) is 24.3 Å². The molecule has 0 aromatic heterocycles. The Morgan fingerprint density at radius 1 is 1.36 bits per heavy atom. The first-order valence-electron chi connectivity index (χ1n) is 7.70. The Kier molecular flexibility index (Phi) is 5.57. The SMILES string of the molecule is CCN(CCN1CCCS1(=O)=O)C(C)c1ccc(C#N)cc1. The van der Waals surface area contributed by atoms with Crippen LogP contribution in [0, 0.1) is 11.3 Å². The molecule has 1 aromatic carbocycles. The summed E-state index contributed by atoms with van der Waals surface area (Å²) in [5.74, 6) is 0.282. The van der Waals surface area contributed by atoms with Gasteiger partial charge in [0.25, 0.3) is 0 Å². The fourth-order valence-electron chi connectivity index (χ4n) is 2.85. The van der Waals surface area contributed by atoms with E-state index in [4.69, 9.17) is 5.26 Å². The third kappa shape index (κ3) is 3.86. The number of rotatable bonds is 6. The molecule has 6 heteroatoms. The molecule has 1 fully saturated rings. The Labute approximate surface area is 133 Å². The number of benzene rings is 1. The molecule has 0 spiro atoms. The molecule has 1 aliphatic heterocycles. The van der Waals surface area contributed by atoms with Crippen molar-refractivity contribution in [1.29, 1.82) is 5.26 Å². The van der Waals surface area contributed by atoms with Gasteiger partial charge in [-0.1, -0.05) is 19.1 Å². The van der Waals surface area contributed by atoms with Gasteiger partial charge in [-0.25, -0.2) is 12.7 Å². The molecule has 1 saturated heterocycles. The van der Waals surface area contributed by atoms with Gasteiger partial charge in [-0.05, 0) is 37.6 Å². The van der Waals surface area contributed by atoms with E-state index in [0.717, 1.165) is 25.1 Å². The van der Waals surface area contributed by atoms with Crippen molar-refractivity contribution in [3.8, 4) is 6.07 Å². The van der Waals surface area contributed by atoms with E-state index in [2.05, 4.69) is 24.8 Å². The highest BCUT2D eigenvalue weighted by Crippen LogP contribution is 2.21. The first-order valence-corrected chi connectivity index (χ1v) is 9.30. The van der Waals surface area contributed by atoms with Gasteiger partial charge in [-0.15, -0.1) is 0 Å². The number of sulfonamides is 1. The number of hydrogen-bond acceptors (Lipinski definition) is 4. The van der Waals surface area contributed by atoms with Crippen molar-refractivity contribution in [3.05, 3.63) is 35.4 Å². The summed E-state index contributed by atoms with van der Waals surface area (Å²) in [7, 11) is -3.02. The predicted octanol–water partition coefficient (Wildman–Crippen LogP) is 1.98. The minimum absolute atomic E-state index is 0.197. The fourth-order valence-corrected chi connectivity index (χ4v) is 4.37. The lowest BCUT2D eigenvalue weighted by Gasteiger charge is -2.29. The van der Waals surface area contributed by atoms with Crippen molar-refractivity contribution in [2.75, 3.05) is 31.9 Å². The molecule has 0 saturated carbocycles.